The number of carbonyl (C=O) groups is 2. The number of carboxylic acids is 1. The summed E-state index contributed by atoms with van der Waals surface area (Å²) >= 11 is 0. The van der Waals surface area contributed by atoms with E-state index in [0.29, 0.717) is 12.0 Å². The fourth-order valence-electron chi connectivity index (χ4n) is 5.41. The molecule has 2 saturated carbocycles. The second-order valence-corrected chi connectivity index (χ2v) is 6.84. The third kappa shape index (κ3) is 0.918. The van der Waals surface area contributed by atoms with Crippen molar-refractivity contribution in [3.8, 4) is 0 Å². The van der Waals surface area contributed by atoms with Gasteiger partial charge in [0.2, 0.25) is 0 Å². The predicted octanol–water partition coefficient (Wildman–Crippen LogP) is 2.80. The molecule has 0 spiro atoms. The van der Waals surface area contributed by atoms with E-state index in [0.717, 1.165) is 19.3 Å². The molecule has 3 aliphatic carbocycles. The third-order valence-electron chi connectivity index (χ3n) is 6.11. The van der Waals surface area contributed by atoms with Gasteiger partial charge in [0.15, 0.2) is 0 Å². The van der Waals surface area contributed by atoms with Gasteiger partial charge in [-0.1, -0.05) is 26.8 Å². The summed E-state index contributed by atoms with van der Waals surface area (Å²) in [5.74, 6) is -0.558. The summed E-state index contributed by atoms with van der Waals surface area (Å²) < 4.78 is 0. The van der Waals surface area contributed by atoms with Gasteiger partial charge >= 0.3 is 5.97 Å². The topological polar surface area (TPSA) is 54.4 Å². The summed E-state index contributed by atoms with van der Waals surface area (Å²) in [5, 5.41) is 9.55. The molecule has 3 atom stereocenters. The Balaban J connectivity index is 2.32. The summed E-state index contributed by atoms with van der Waals surface area (Å²) in [6.45, 7) is 6.27. The molecule has 3 rings (SSSR count). The lowest BCUT2D eigenvalue weighted by molar-refractivity contribution is -0.140. The van der Waals surface area contributed by atoms with Crippen LogP contribution in [0.25, 0.3) is 0 Å². The molecule has 18 heavy (non-hydrogen) atoms. The molecule has 98 valence electrons. The smallest absolute Gasteiger partial charge is 0.332 e. The molecule has 0 unspecified atom stereocenters. The highest BCUT2D eigenvalue weighted by Gasteiger charge is 2.75. The monoisotopic (exact) mass is 248 g/mol. The fraction of sp³-hybridized carbons (Fsp3) is 0.733. The largest absolute Gasteiger partial charge is 0.478 e. The van der Waals surface area contributed by atoms with Crippen LogP contribution in [0.4, 0.5) is 0 Å². The lowest BCUT2D eigenvalue weighted by atomic mass is 9.56. The summed E-state index contributed by atoms with van der Waals surface area (Å²) in [5.41, 5.74) is -0.621. The van der Waals surface area contributed by atoms with Gasteiger partial charge in [0.1, 0.15) is 5.78 Å². The standard InChI is InChI=1S/C15H20O3/c1-9-4-6-14-7-5-11(16)15(9,14)10(12(17)18)8-13(14,2)3/h8-9H,4-7H2,1-3H3,(H,17,18)/t9-,14-,15-/m1/s1. The zero-order valence-electron chi connectivity index (χ0n) is 11.2. The second-order valence-electron chi connectivity index (χ2n) is 6.84. The molecule has 0 aromatic heterocycles. The molecular weight excluding hydrogens is 228 g/mol. The van der Waals surface area contributed by atoms with Gasteiger partial charge in [-0.2, -0.15) is 0 Å². The Labute approximate surface area is 107 Å². The molecule has 0 aromatic rings. The Hall–Kier alpha value is -1.12. The molecule has 0 bridgehead atoms. The third-order valence-corrected chi connectivity index (χ3v) is 6.11. The van der Waals surface area contributed by atoms with Crippen LogP contribution in [-0.2, 0) is 9.59 Å². The normalized spacial score (nSPS) is 44.7. The van der Waals surface area contributed by atoms with E-state index in [1.807, 2.05) is 6.08 Å². The van der Waals surface area contributed by atoms with Crippen LogP contribution < -0.4 is 0 Å². The van der Waals surface area contributed by atoms with E-state index >= 15 is 0 Å². The summed E-state index contributed by atoms with van der Waals surface area (Å²) in [6.07, 6.45) is 5.25. The van der Waals surface area contributed by atoms with Gasteiger partial charge in [0.25, 0.3) is 0 Å². The van der Waals surface area contributed by atoms with E-state index in [9.17, 15) is 14.7 Å². The second kappa shape index (κ2) is 3.06. The zero-order valence-corrected chi connectivity index (χ0v) is 11.2. The number of Topliss-reactive ketones (excluding diaryl/α,β-unsaturated/α-hetero) is 1. The van der Waals surface area contributed by atoms with Crippen LogP contribution in [0.5, 0.6) is 0 Å². The first-order valence-corrected chi connectivity index (χ1v) is 6.79. The molecule has 0 aromatic carbocycles. The van der Waals surface area contributed by atoms with Gasteiger partial charge in [0.05, 0.1) is 5.41 Å². The maximum atomic E-state index is 12.6. The maximum absolute atomic E-state index is 12.6. The Bertz CT molecular complexity index is 488. The number of ketones is 1. The minimum absolute atomic E-state index is 0.135. The first kappa shape index (κ1) is 11.9. The minimum atomic E-state index is -0.894. The van der Waals surface area contributed by atoms with Crippen LogP contribution >= 0.6 is 0 Å². The average Bonchev–Trinajstić information content (AvgIpc) is 2.80. The van der Waals surface area contributed by atoms with E-state index in [-0.39, 0.29) is 22.5 Å². The van der Waals surface area contributed by atoms with E-state index in [2.05, 4.69) is 20.8 Å². The van der Waals surface area contributed by atoms with Gasteiger partial charge in [-0.05, 0) is 36.0 Å². The van der Waals surface area contributed by atoms with Gasteiger partial charge in [-0.25, -0.2) is 4.79 Å². The van der Waals surface area contributed by atoms with Crippen LogP contribution in [-0.4, -0.2) is 16.9 Å². The highest BCUT2D eigenvalue weighted by molar-refractivity contribution is 6.04. The van der Waals surface area contributed by atoms with Crippen molar-refractivity contribution in [3.05, 3.63) is 11.6 Å². The molecule has 3 heteroatoms. The molecule has 0 radical (unpaired) electrons. The van der Waals surface area contributed by atoms with Gasteiger partial charge < -0.3 is 5.11 Å². The first-order valence-electron chi connectivity index (χ1n) is 6.79. The Morgan fingerprint density at radius 3 is 2.67 bits per heavy atom. The quantitative estimate of drug-likeness (QED) is 0.776. The van der Waals surface area contributed by atoms with Crippen molar-refractivity contribution >= 4 is 11.8 Å². The van der Waals surface area contributed by atoms with Gasteiger partial charge in [-0.3, -0.25) is 4.79 Å². The molecule has 3 aliphatic rings. The molecule has 0 saturated heterocycles. The number of aliphatic carboxylic acids is 1. The lowest BCUT2D eigenvalue weighted by Crippen LogP contribution is -2.46. The van der Waals surface area contributed by atoms with Crippen LogP contribution in [0.15, 0.2) is 11.6 Å². The van der Waals surface area contributed by atoms with Crippen molar-refractivity contribution in [1.82, 2.24) is 0 Å². The Morgan fingerprint density at radius 1 is 1.39 bits per heavy atom. The average molecular weight is 248 g/mol. The molecule has 3 nitrogen and oxygen atoms in total. The van der Waals surface area contributed by atoms with Crippen molar-refractivity contribution in [3.63, 3.8) is 0 Å². The van der Waals surface area contributed by atoms with Gasteiger partial charge in [0, 0.05) is 12.0 Å². The van der Waals surface area contributed by atoms with Crippen molar-refractivity contribution < 1.29 is 14.7 Å². The minimum Gasteiger partial charge on any atom is -0.478 e. The number of rotatable bonds is 1. The van der Waals surface area contributed by atoms with Crippen molar-refractivity contribution in [2.45, 2.75) is 46.5 Å². The van der Waals surface area contributed by atoms with Crippen molar-refractivity contribution in [1.29, 1.82) is 0 Å². The molecule has 0 heterocycles. The molecule has 1 N–H and O–H groups in total. The molecule has 2 fully saturated rings. The predicted molar refractivity (Wildman–Crippen MR) is 67.0 cm³/mol. The van der Waals surface area contributed by atoms with E-state index in [4.69, 9.17) is 0 Å². The number of carboxylic acid groups (broad SMARTS) is 1. The van der Waals surface area contributed by atoms with Crippen LogP contribution in [0.1, 0.15) is 46.5 Å². The molecule has 0 amide bonds. The zero-order chi connectivity index (χ0) is 13.3. The highest BCUT2D eigenvalue weighted by atomic mass is 16.4. The van der Waals surface area contributed by atoms with Crippen molar-refractivity contribution in [2.75, 3.05) is 0 Å². The lowest BCUT2D eigenvalue weighted by Gasteiger charge is -2.44. The van der Waals surface area contributed by atoms with E-state index in [1.54, 1.807) is 0 Å². The summed E-state index contributed by atoms with van der Waals surface area (Å²) in [7, 11) is 0. The Morgan fingerprint density at radius 2 is 2.06 bits per heavy atom. The molecular formula is C15H20O3. The number of hydrogen-bond donors (Lipinski definition) is 1. The first-order chi connectivity index (χ1) is 8.29. The Kier molecular flexibility index (Phi) is 2.03. The van der Waals surface area contributed by atoms with Crippen LogP contribution in [0.2, 0.25) is 0 Å². The maximum Gasteiger partial charge on any atom is 0.332 e. The number of hydrogen-bond acceptors (Lipinski definition) is 2. The van der Waals surface area contributed by atoms with Crippen LogP contribution in [0.3, 0.4) is 0 Å². The fourth-order valence-corrected chi connectivity index (χ4v) is 5.41. The van der Waals surface area contributed by atoms with Crippen molar-refractivity contribution in [2.24, 2.45) is 22.2 Å². The number of carbonyl (C=O) groups excluding carboxylic acids is 1. The van der Waals surface area contributed by atoms with E-state index in [1.165, 1.54) is 0 Å². The van der Waals surface area contributed by atoms with Crippen LogP contribution in [0, 0.1) is 22.2 Å². The number of allylic oxidation sites excluding steroid dienone is 1. The molecule has 0 aliphatic heterocycles. The van der Waals surface area contributed by atoms with E-state index < -0.39 is 11.4 Å². The summed E-state index contributed by atoms with van der Waals surface area (Å²) in [6, 6.07) is 0. The SMILES string of the molecule is C[C@@H]1CC[C@]23CCC(=O)[C@]12C(C(=O)O)=CC3(C)C. The highest BCUT2D eigenvalue weighted by Crippen LogP contribution is 2.76. The van der Waals surface area contributed by atoms with Gasteiger partial charge in [-0.15, -0.1) is 0 Å². The summed E-state index contributed by atoms with van der Waals surface area (Å²) in [4.78, 5) is 24.2.